The highest BCUT2D eigenvalue weighted by Gasteiger charge is 2.37. The third-order valence-corrected chi connectivity index (χ3v) is 16.9. The first-order chi connectivity index (χ1) is 31.1. The van der Waals surface area contributed by atoms with Gasteiger partial charge in [-0.05, 0) is 123 Å². The highest BCUT2D eigenvalue weighted by atomic mass is 32.3. The van der Waals surface area contributed by atoms with Gasteiger partial charge < -0.3 is 0 Å². The zero-order chi connectivity index (χ0) is 42.5. The SMILES string of the molecule is CCc1ccc2c(S(c3ccccc3)(c3ccccc3)c3ccccc3)c3cc(CC)ccc3c(-c3ccc(-n4c(-c5ccccc5)nc5cccc(C)c54)c4ccccc34)c2c1. The molecule has 2 nitrogen and oxygen atoms in total. The number of para-hydroxylation sites is 1. The summed E-state index contributed by atoms with van der Waals surface area (Å²) < 4.78 is 2.39. The number of imidazole rings is 1. The Morgan fingerprint density at radius 3 is 1.59 bits per heavy atom. The molecule has 0 spiro atoms. The van der Waals surface area contributed by atoms with Crippen LogP contribution >= 0.6 is 10.0 Å². The molecular weight excluding hydrogens is 781 g/mol. The van der Waals surface area contributed by atoms with Crippen LogP contribution in [-0.4, -0.2) is 9.55 Å². The zero-order valence-electron chi connectivity index (χ0n) is 35.9. The van der Waals surface area contributed by atoms with Crippen LogP contribution in [0.5, 0.6) is 0 Å². The maximum Gasteiger partial charge on any atom is 0.145 e. The molecule has 63 heavy (non-hydrogen) atoms. The van der Waals surface area contributed by atoms with Crippen molar-refractivity contribution in [1.29, 1.82) is 0 Å². The minimum Gasteiger partial charge on any atom is -0.291 e. The number of aryl methyl sites for hydroxylation is 3. The second-order valence-electron chi connectivity index (χ2n) is 16.5. The predicted molar refractivity (Wildman–Crippen MR) is 268 cm³/mol. The highest BCUT2D eigenvalue weighted by Crippen LogP contribution is 2.76. The number of benzene rings is 10. The van der Waals surface area contributed by atoms with Gasteiger partial charge in [-0.3, -0.25) is 4.57 Å². The standard InChI is InChI=1S/C60H48N2S/c1-4-42-34-36-52-53(39-42)57(50-37-38-56(49-31-19-18-30-48(49)50)62-58-41(3)21-20-32-55(58)61-60(62)44-22-10-6-11-23-44)51-35-33-43(5-2)40-54(51)59(52)63(45-24-12-7-13-25-45,46-26-14-8-15-27-46)47-28-16-9-17-29-47/h6-40H,4-5H2,1-3H3. The van der Waals surface area contributed by atoms with Gasteiger partial charge in [-0.25, -0.2) is 4.98 Å². The van der Waals surface area contributed by atoms with Gasteiger partial charge in [0, 0.05) is 30.5 Å². The Labute approximate surface area is 371 Å². The zero-order valence-corrected chi connectivity index (χ0v) is 36.7. The molecule has 0 unspecified atom stereocenters. The van der Waals surface area contributed by atoms with Crippen molar-refractivity contribution in [3.63, 3.8) is 0 Å². The number of hydrogen-bond donors (Lipinski definition) is 0. The summed E-state index contributed by atoms with van der Waals surface area (Å²) in [6, 6.07) is 79.4. The average molecular weight is 829 g/mol. The van der Waals surface area contributed by atoms with Gasteiger partial charge in [0.05, 0.1) is 16.7 Å². The van der Waals surface area contributed by atoms with Crippen LogP contribution in [0, 0.1) is 6.92 Å². The quantitative estimate of drug-likeness (QED) is 0.133. The lowest BCUT2D eigenvalue weighted by atomic mass is 9.87. The molecule has 11 rings (SSSR count). The van der Waals surface area contributed by atoms with E-state index in [1.54, 1.807) is 0 Å². The Morgan fingerprint density at radius 2 is 0.984 bits per heavy atom. The topological polar surface area (TPSA) is 17.8 Å². The molecule has 0 radical (unpaired) electrons. The Kier molecular flexibility index (Phi) is 9.78. The molecule has 11 aromatic rings. The lowest BCUT2D eigenvalue weighted by molar-refractivity contribution is 1.11. The molecule has 0 aliphatic carbocycles. The van der Waals surface area contributed by atoms with Crippen molar-refractivity contribution in [2.45, 2.75) is 53.2 Å². The molecule has 0 amide bonds. The van der Waals surface area contributed by atoms with E-state index >= 15 is 0 Å². The van der Waals surface area contributed by atoms with E-state index in [1.165, 1.54) is 79.7 Å². The van der Waals surface area contributed by atoms with E-state index < -0.39 is 10.0 Å². The van der Waals surface area contributed by atoms with Crippen molar-refractivity contribution in [3.05, 3.63) is 229 Å². The van der Waals surface area contributed by atoms with E-state index in [9.17, 15) is 0 Å². The smallest absolute Gasteiger partial charge is 0.145 e. The number of rotatable bonds is 9. The van der Waals surface area contributed by atoms with Gasteiger partial charge in [0.15, 0.2) is 0 Å². The summed E-state index contributed by atoms with van der Waals surface area (Å²) in [5.74, 6) is 0.944. The van der Waals surface area contributed by atoms with E-state index in [-0.39, 0.29) is 0 Å². The van der Waals surface area contributed by atoms with Crippen LogP contribution in [0.4, 0.5) is 0 Å². The molecule has 1 aromatic heterocycles. The maximum atomic E-state index is 5.30. The van der Waals surface area contributed by atoms with Gasteiger partial charge in [0.2, 0.25) is 0 Å². The average Bonchev–Trinajstić information content (AvgIpc) is 3.75. The number of fused-ring (bicyclic) bond motifs is 4. The largest absolute Gasteiger partial charge is 0.291 e. The van der Waals surface area contributed by atoms with E-state index in [0.717, 1.165) is 41.0 Å². The summed E-state index contributed by atoms with van der Waals surface area (Å²) in [7, 11) is -2.05. The van der Waals surface area contributed by atoms with Gasteiger partial charge in [0.25, 0.3) is 0 Å². The molecule has 0 aliphatic heterocycles. The number of aromatic nitrogens is 2. The monoisotopic (exact) mass is 828 g/mol. The number of nitrogens with zero attached hydrogens (tertiary/aromatic N) is 2. The molecule has 0 N–H and O–H groups in total. The Hall–Kier alpha value is -7.20. The number of hydrogen-bond acceptors (Lipinski definition) is 1. The van der Waals surface area contributed by atoms with Crippen LogP contribution in [-0.2, 0) is 12.8 Å². The second-order valence-corrected chi connectivity index (χ2v) is 19.5. The Morgan fingerprint density at radius 1 is 0.444 bits per heavy atom. The van der Waals surface area contributed by atoms with Gasteiger partial charge >= 0.3 is 0 Å². The summed E-state index contributed by atoms with van der Waals surface area (Å²) in [4.78, 5) is 10.7. The molecule has 3 heteroatoms. The minimum atomic E-state index is -2.05. The van der Waals surface area contributed by atoms with Crippen LogP contribution in [0.2, 0.25) is 0 Å². The summed E-state index contributed by atoms with van der Waals surface area (Å²) in [5.41, 5.74) is 10.7. The van der Waals surface area contributed by atoms with Gasteiger partial charge in [-0.15, -0.1) is 10.0 Å². The van der Waals surface area contributed by atoms with Crippen molar-refractivity contribution < 1.29 is 0 Å². The summed E-state index contributed by atoms with van der Waals surface area (Å²) in [6.07, 6.45) is 1.89. The summed E-state index contributed by atoms with van der Waals surface area (Å²) in [6.45, 7) is 6.75. The van der Waals surface area contributed by atoms with Crippen molar-refractivity contribution in [2.24, 2.45) is 0 Å². The molecule has 10 aromatic carbocycles. The normalized spacial score (nSPS) is 12.1. The van der Waals surface area contributed by atoms with Crippen LogP contribution in [0.3, 0.4) is 0 Å². The third kappa shape index (κ3) is 6.21. The Balaban J connectivity index is 1.30. The fraction of sp³-hybridized carbons (Fsp3) is 0.0833. The van der Waals surface area contributed by atoms with Crippen LogP contribution in [0.25, 0.3) is 71.6 Å². The fourth-order valence-corrected chi connectivity index (χ4v) is 14.2. The second kappa shape index (κ2) is 15.9. The van der Waals surface area contributed by atoms with E-state index in [0.29, 0.717) is 0 Å². The lowest BCUT2D eigenvalue weighted by Gasteiger charge is -2.44. The maximum absolute atomic E-state index is 5.30. The fourth-order valence-electron chi connectivity index (χ4n) is 9.99. The molecule has 0 fully saturated rings. The summed E-state index contributed by atoms with van der Waals surface area (Å²) >= 11 is 0. The van der Waals surface area contributed by atoms with Crippen LogP contribution < -0.4 is 0 Å². The van der Waals surface area contributed by atoms with Crippen molar-refractivity contribution in [3.8, 4) is 28.2 Å². The third-order valence-electron chi connectivity index (χ3n) is 12.9. The molecule has 304 valence electrons. The first-order valence-corrected chi connectivity index (χ1v) is 23.8. The molecule has 1 heterocycles. The van der Waals surface area contributed by atoms with Gasteiger partial charge in [-0.2, -0.15) is 0 Å². The molecule has 0 aliphatic rings. The predicted octanol–water partition coefficient (Wildman–Crippen LogP) is 16.6. The van der Waals surface area contributed by atoms with Crippen molar-refractivity contribution in [2.75, 3.05) is 0 Å². The minimum absolute atomic E-state index is 0.944. The lowest BCUT2D eigenvalue weighted by Crippen LogP contribution is -2.07. The van der Waals surface area contributed by atoms with E-state index in [1.807, 2.05) is 0 Å². The van der Waals surface area contributed by atoms with Crippen molar-refractivity contribution >= 4 is 53.4 Å². The van der Waals surface area contributed by atoms with Crippen LogP contribution in [0.15, 0.2) is 232 Å². The molecule has 0 saturated heterocycles. The Bertz CT molecular complexity index is 3370. The highest BCUT2D eigenvalue weighted by molar-refractivity contribution is 8.34. The van der Waals surface area contributed by atoms with Gasteiger partial charge in [-0.1, -0.05) is 178 Å². The first kappa shape index (κ1) is 38.7. The molecular formula is C60H48N2S. The molecule has 0 atom stereocenters. The summed E-state index contributed by atoms with van der Waals surface area (Å²) in [5, 5.41) is 7.57. The molecule has 0 bridgehead atoms. The van der Waals surface area contributed by atoms with Crippen LogP contribution in [0.1, 0.15) is 30.5 Å². The van der Waals surface area contributed by atoms with Gasteiger partial charge in [0.1, 0.15) is 5.82 Å². The molecule has 0 saturated carbocycles. The first-order valence-electron chi connectivity index (χ1n) is 22.2. The van der Waals surface area contributed by atoms with E-state index in [2.05, 4.69) is 238 Å². The van der Waals surface area contributed by atoms with E-state index in [4.69, 9.17) is 4.98 Å². The van der Waals surface area contributed by atoms with Crippen molar-refractivity contribution in [1.82, 2.24) is 9.55 Å².